The number of nitrogens with one attached hydrogen (secondary N) is 3. The van der Waals surface area contributed by atoms with Crippen LogP contribution in [0, 0.1) is 0 Å². The normalized spacial score (nSPS) is 14.6. The van der Waals surface area contributed by atoms with Crippen LogP contribution in [0.1, 0.15) is 32.6 Å². The predicted octanol–water partition coefficient (Wildman–Crippen LogP) is -0.756. The van der Waals surface area contributed by atoms with Gasteiger partial charge in [-0.1, -0.05) is 0 Å². The molecule has 0 aliphatic rings. The molecular weight excluding hydrogens is 448 g/mol. The molecule has 11 nitrogen and oxygen atoms in total. The lowest BCUT2D eigenvalue weighted by Crippen LogP contribution is -2.56. The van der Waals surface area contributed by atoms with Crippen LogP contribution in [0.25, 0.3) is 0 Å². The van der Waals surface area contributed by atoms with Crippen LogP contribution in [-0.2, 0) is 24.0 Å². The zero-order valence-electron chi connectivity index (χ0n) is 17.9. The van der Waals surface area contributed by atoms with Crippen LogP contribution in [-0.4, -0.2) is 88.1 Å². The zero-order valence-corrected chi connectivity index (χ0v) is 19.5. The van der Waals surface area contributed by atoms with Crippen LogP contribution in [0.15, 0.2) is 0 Å². The first-order valence-corrected chi connectivity index (χ1v) is 12.4. The second-order valence-electron chi connectivity index (χ2n) is 6.79. The van der Waals surface area contributed by atoms with Crippen LogP contribution >= 0.6 is 23.5 Å². The molecule has 0 heterocycles. The van der Waals surface area contributed by atoms with Crippen molar-refractivity contribution in [2.24, 2.45) is 5.73 Å². The summed E-state index contributed by atoms with van der Waals surface area (Å²) in [5.74, 6) is -3.24. The third-order valence-electron chi connectivity index (χ3n) is 4.23. The number of rotatable bonds is 16. The van der Waals surface area contributed by atoms with E-state index >= 15 is 0 Å². The minimum absolute atomic E-state index is 0.192. The summed E-state index contributed by atoms with van der Waals surface area (Å²) in [4.78, 5) is 59.3. The molecule has 3 amide bonds. The monoisotopic (exact) mass is 480 g/mol. The Labute approximate surface area is 190 Å². The fraction of sp³-hybridized carbons (Fsp3) is 0.722. The summed E-state index contributed by atoms with van der Waals surface area (Å²) in [5, 5.41) is 25.3. The number of carboxylic acid groups (broad SMARTS) is 2. The summed E-state index contributed by atoms with van der Waals surface area (Å²) < 4.78 is 0. The van der Waals surface area contributed by atoms with E-state index in [1.54, 1.807) is 0 Å². The number of hydrogen-bond acceptors (Lipinski definition) is 8. The number of hydrogen-bond donors (Lipinski definition) is 6. The van der Waals surface area contributed by atoms with Gasteiger partial charge in [0.15, 0.2) is 0 Å². The van der Waals surface area contributed by atoms with Gasteiger partial charge in [-0.25, -0.2) is 4.79 Å². The smallest absolute Gasteiger partial charge is 0.326 e. The van der Waals surface area contributed by atoms with Gasteiger partial charge in [0.25, 0.3) is 0 Å². The Kier molecular flexibility index (Phi) is 14.7. The summed E-state index contributed by atoms with van der Waals surface area (Å²) in [6, 6.07) is -4.26. The molecule has 0 aliphatic carbocycles. The highest BCUT2D eigenvalue weighted by Gasteiger charge is 2.28. The van der Waals surface area contributed by atoms with Gasteiger partial charge in [-0.05, 0) is 50.2 Å². The standard InChI is InChI=1S/C18H32N4O7S2/c1-10(15(25)22-13(18(28)29)7-9-31-3)20-17(27)12(4-5-14(23)24)21-16(26)11(19)6-8-30-2/h10-13H,4-9,19H2,1-3H3,(H,20,27)(H,21,26)(H,22,25)(H,23,24)(H,28,29). The summed E-state index contributed by atoms with van der Waals surface area (Å²) in [6.45, 7) is 1.36. The number of thioether (sulfide) groups is 2. The largest absolute Gasteiger partial charge is 0.481 e. The summed E-state index contributed by atoms with van der Waals surface area (Å²) >= 11 is 2.94. The highest BCUT2D eigenvalue weighted by atomic mass is 32.2. The number of nitrogens with two attached hydrogens (primary N) is 1. The average molecular weight is 481 g/mol. The van der Waals surface area contributed by atoms with Crippen molar-refractivity contribution in [3.63, 3.8) is 0 Å². The molecule has 0 aliphatic heterocycles. The molecule has 0 saturated carbocycles. The minimum atomic E-state index is -1.20. The maximum absolute atomic E-state index is 12.6. The Hall–Kier alpha value is -1.99. The van der Waals surface area contributed by atoms with Crippen molar-refractivity contribution < 1.29 is 34.2 Å². The first kappa shape index (κ1) is 29.0. The highest BCUT2D eigenvalue weighted by molar-refractivity contribution is 7.98. The van der Waals surface area contributed by atoms with Crippen molar-refractivity contribution in [3.8, 4) is 0 Å². The van der Waals surface area contributed by atoms with E-state index < -0.39 is 53.8 Å². The van der Waals surface area contributed by atoms with Crippen LogP contribution in [0.4, 0.5) is 0 Å². The summed E-state index contributed by atoms with van der Waals surface area (Å²) in [5.41, 5.74) is 5.79. The Morgan fingerprint density at radius 2 is 1.35 bits per heavy atom. The number of carbonyl (C=O) groups excluding carboxylic acids is 3. The molecule has 0 aromatic rings. The number of carboxylic acids is 2. The van der Waals surface area contributed by atoms with Gasteiger partial charge in [-0.15, -0.1) is 0 Å². The third-order valence-corrected chi connectivity index (χ3v) is 5.51. The van der Waals surface area contributed by atoms with E-state index in [1.165, 1.54) is 30.4 Å². The second-order valence-corrected chi connectivity index (χ2v) is 8.76. The molecule has 0 aromatic heterocycles. The van der Waals surface area contributed by atoms with Crippen LogP contribution in [0.3, 0.4) is 0 Å². The van der Waals surface area contributed by atoms with E-state index in [9.17, 15) is 29.1 Å². The molecule has 31 heavy (non-hydrogen) atoms. The molecule has 0 aromatic carbocycles. The van der Waals surface area contributed by atoms with Gasteiger partial charge in [0.05, 0.1) is 6.04 Å². The van der Waals surface area contributed by atoms with Crippen molar-refractivity contribution in [2.75, 3.05) is 24.0 Å². The maximum Gasteiger partial charge on any atom is 0.326 e. The molecule has 4 atom stereocenters. The summed E-state index contributed by atoms with van der Waals surface area (Å²) in [7, 11) is 0. The molecular formula is C18H32N4O7S2. The third kappa shape index (κ3) is 12.5. The van der Waals surface area contributed by atoms with E-state index in [0.29, 0.717) is 17.9 Å². The Bertz CT molecular complexity index is 636. The Morgan fingerprint density at radius 3 is 1.87 bits per heavy atom. The Balaban J connectivity index is 5.04. The fourth-order valence-electron chi connectivity index (χ4n) is 2.36. The maximum atomic E-state index is 12.6. The number of carbonyl (C=O) groups is 5. The SMILES string of the molecule is CSCCC(N)C(=O)NC(CCC(=O)O)C(=O)NC(C)C(=O)NC(CCSC)C(=O)O. The van der Waals surface area contributed by atoms with Gasteiger partial charge in [-0.2, -0.15) is 23.5 Å². The van der Waals surface area contributed by atoms with Crippen LogP contribution in [0.5, 0.6) is 0 Å². The lowest BCUT2D eigenvalue weighted by Gasteiger charge is -2.23. The summed E-state index contributed by atoms with van der Waals surface area (Å²) in [6.07, 6.45) is 3.69. The van der Waals surface area contributed by atoms with Gasteiger partial charge in [0, 0.05) is 6.42 Å². The quantitative estimate of drug-likeness (QED) is 0.164. The van der Waals surface area contributed by atoms with Crippen LogP contribution < -0.4 is 21.7 Å². The predicted molar refractivity (Wildman–Crippen MR) is 120 cm³/mol. The van der Waals surface area contributed by atoms with Crippen molar-refractivity contribution in [1.82, 2.24) is 16.0 Å². The number of aliphatic carboxylic acids is 2. The number of amides is 3. The lowest BCUT2D eigenvalue weighted by molar-refractivity contribution is -0.142. The average Bonchev–Trinajstić information content (AvgIpc) is 2.71. The first-order chi connectivity index (χ1) is 14.5. The van der Waals surface area contributed by atoms with E-state index in [4.69, 9.17) is 10.8 Å². The van der Waals surface area contributed by atoms with Gasteiger partial charge in [0.2, 0.25) is 17.7 Å². The van der Waals surface area contributed by atoms with Crippen molar-refractivity contribution in [2.45, 2.75) is 56.8 Å². The molecule has 0 rings (SSSR count). The van der Waals surface area contributed by atoms with Gasteiger partial charge in [0.1, 0.15) is 18.1 Å². The van der Waals surface area contributed by atoms with E-state index in [2.05, 4.69) is 16.0 Å². The second kappa shape index (κ2) is 15.8. The fourth-order valence-corrected chi connectivity index (χ4v) is 3.32. The van der Waals surface area contributed by atoms with E-state index in [1.807, 2.05) is 12.5 Å². The molecule has 178 valence electrons. The molecule has 0 spiro atoms. The zero-order chi connectivity index (χ0) is 24.0. The van der Waals surface area contributed by atoms with Crippen molar-refractivity contribution >= 4 is 53.2 Å². The molecule has 4 unspecified atom stereocenters. The van der Waals surface area contributed by atoms with E-state index in [-0.39, 0.29) is 19.3 Å². The Morgan fingerprint density at radius 1 is 0.806 bits per heavy atom. The topological polar surface area (TPSA) is 188 Å². The van der Waals surface area contributed by atoms with Gasteiger partial charge in [-0.3, -0.25) is 19.2 Å². The molecule has 7 N–H and O–H groups in total. The minimum Gasteiger partial charge on any atom is -0.481 e. The molecule has 0 bridgehead atoms. The van der Waals surface area contributed by atoms with Gasteiger partial charge < -0.3 is 31.9 Å². The van der Waals surface area contributed by atoms with Crippen molar-refractivity contribution in [3.05, 3.63) is 0 Å². The van der Waals surface area contributed by atoms with Crippen LogP contribution in [0.2, 0.25) is 0 Å². The van der Waals surface area contributed by atoms with Gasteiger partial charge >= 0.3 is 11.9 Å². The molecule has 0 saturated heterocycles. The van der Waals surface area contributed by atoms with Crippen molar-refractivity contribution in [1.29, 1.82) is 0 Å². The molecule has 0 radical (unpaired) electrons. The highest BCUT2D eigenvalue weighted by Crippen LogP contribution is 2.04. The first-order valence-electron chi connectivity index (χ1n) is 9.62. The molecule has 13 heteroatoms. The van der Waals surface area contributed by atoms with E-state index in [0.717, 1.165) is 0 Å². The molecule has 0 fully saturated rings. The lowest BCUT2D eigenvalue weighted by atomic mass is 10.1.